The molecule has 0 aliphatic carbocycles. The smallest absolute Gasteiger partial charge is 0.337 e. The van der Waals surface area contributed by atoms with Gasteiger partial charge in [-0.15, -0.1) is 0 Å². The largest absolute Gasteiger partial charge is 0.479 e. The second-order valence-corrected chi connectivity index (χ2v) is 2.15. The molecule has 4 heteroatoms. The Morgan fingerprint density at radius 2 is 1.75 bits per heavy atom. The molecule has 0 unspecified atom stereocenters. The number of benzene rings is 1. The summed E-state index contributed by atoms with van der Waals surface area (Å²) in [6.45, 7) is 0. The monoisotopic (exact) mass is 200 g/mol. The predicted octanol–water partition coefficient (Wildman–Crippen LogP) is 0.802. The van der Waals surface area contributed by atoms with Crippen LogP contribution in [-0.2, 0) is 26.5 Å². The molecule has 0 heterocycles. The molecule has 2 N–H and O–H groups in total. The van der Waals surface area contributed by atoms with E-state index in [-0.39, 0.29) is 21.7 Å². The molecule has 0 aliphatic rings. The van der Waals surface area contributed by atoms with Gasteiger partial charge in [0, 0.05) is 21.7 Å². The van der Waals surface area contributed by atoms with Crippen molar-refractivity contribution in [2.24, 2.45) is 0 Å². The van der Waals surface area contributed by atoms with Crippen molar-refractivity contribution in [3.63, 3.8) is 0 Å². The van der Waals surface area contributed by atoms with E-state index in [1.54, 1.807) is 30.3 Å². The molecule has 1 aromatic carbocycles. The van der Waals surface area contributed by atoms with Crippen LogP contribution in [0.5, 0.6) is 0 Å². The van der Waals surface area contributed by atoms with Crippen LogP contribution in [0.2, 0.25) is 0 Å². The van der Waals surface area contributed by atoms with Crippen LogP contribution in [0.1, 0.15) is 11.7 Å². The second kappa shape index (κ2) is 5.09. The molecule has 0 spiro atoms. The van der Waals surface area contributed by atoms with Gasteiger partial charge in [-0.3, -0.25) is 0 Å². The first kappa shape index (κ1) is 11.4. The van der Waals surface area contributed by atoms with Gasteiger partial charge >= 0.3 is 5.97 Å². The number of carboxylic acid groups (broad SMARTS) is 1. The Labute approximate surface area is 84.9 Å². The van der Waals surface area contributed by atoms with Crippen LogP contribution in [-0.4, -0.2) is 16.2 Å². The Kier molecular flexibility index (Phi) is 4.82. The van der Waals surface area contributed by atoms with Crippen molar-refractivity contribution in [1.29, 1.82) is 0 Å². The van der Waals surface area contributed by atoms with Crippen LogP contribution in [0.3, 0.4) is 0 Å². The van der Waals surface area contributed by atoms with Crippen molar-refractivity contribution >= 4 is 5.97 Å². The summed E-state index contributed by atoms with van der Waals surface area (Å²) in [6, 6.07) is 8.26. The van der Waals surface area contributed by atoms with E-state index in [4.69, 9.17) is 10.2 Å². The van der Waals surface area contributed by atoms with Crippen LogP contribution in [0.25, 0.3) is 0 Å². The first-order valence-electron chi connectivity index (χ1n) is 3.17. The average Bonchev–Trinajstić information content (AvgIpc) is 2.05. The molecule has 0 radical (unpaired) electrons. The van der Waals surface area contributed by atoms with Crippen LogP contribution in [0.4, 0.5) is 0 Å². The minimum Gasteiger partial charge on any atom is -0.479 e. The standard InChI is InChI=1S/C8H8O3.Ti/c9-7(8(10)11)6-4-2-1-3-5-6;/h1-5,7,9H,(H,10,11);/t7-;/m1./s1. The van der Waals surface area contributed by atoms with E-state index < -0.39 is 12.1 Å². The molecule has 0 aromatic heterocycles. The summed E-state index contributed by atoms with van der Waals surface area (Å²) in [5.41, 5.74) is 0.403. The number of carbonyl (C=O) groups is 1. The third-order valence-corrected chi connectivity index (χ3v) is 1.35. The molecule has 3 nitrogen and oxygen atoms in total. The molecule has 0 saturated carbocycles. The minimum atomic E-state index is -1.41. The summed E-state index contributed by atoms with van der Waals surface area (Å²) in [4.78, 5) is 10.2. The molecule has 1 rings (SSSR count). The van der Waals surface area contributed by atoms with E-state index in [1.807, 2.05) is 0 Å². The van der Waals surface area contributed by atoms with Gasteiger partial charge in [0.15, 0.2) is 6.10 Å². The van der Waals surface area contributed by atoms with Gasteiger partial charge in [-0.05, 0) is 5.56 Å². The van der Waals surface area contributed by atoms with Crippen LogP contribution in [0, 0.1) is 0 Å². The number of carboxylic acids is 1. The Morgan fingerprint density at radius 3 is 2.17 bits per heavy atom. The van der Waals surface area contributed by atoms with Gasteiger partial charge in [0.1, 0.15) is 0 Å². The molecule has 1 atom stereocenters. The van der Waals surface area contributed by atoms with Crippen molar-refractivity contribution in [2.45, 2.75) is 6.10 Å². The number of hydrogen-bond donors (Lipinski definition) is 2. The van der Waals surface area contributed by atoms with E-state index in [1.165, 1.54) is 0 Å². The quantitative estimate of drug-likeness (QED) is 0.694. The number of aliphatic hydroxyl groups is 1. The second-order valence-electron chi connectivity index (χ2n) is 2.15. The summed E-state index contributed by atoms with van der Waals surface area (Å²) in [6.07, 6.45) is -1.41. The maximum atomic E-state index is 10.2. The van der Waals surface area contributed by atoms with Gasteiger partial charge in [-0.25, -0.2) is 4.79 Å². The van der Waals surface area contributed by atoms with Crippen LogP contribution >= 0.6 is 0 Å². The summed E-state index contributed by atoms with van der Waals surface area (Å²) < 4.78 is 0. The van der Waals surface area contributed by atoms with Gasteiger partial charge in [0.25, 0.3) is 0 Å². The first-order chi connectivity index (χ1) is 5.22. The third-order valence-electron chi connectivity index (χ3n) is 1.35. The Hall–Kier alpha value is -0.636. The fourth-order valence-corrected chi connectivity index (χ4v) is 0.778. The minimum absolute atomic E-state index is 0. The van der Waals surface area contributed by atoms with Crippen molar-refractivity contribution in [2.75, 3.05) is 0 Å². The van der Waals surface area contributed by atoms with E-state index >= 15 is 0 Å². The molecule has 0 amide bonds. The number of rotatable bonds is 2. The number of aliphatic hydroxyl groups excluding tert-OH is 1. The van der Waals surface area contributed by atoms with Crippen molar-refractivity contribution < 1.29 is 36.7 Å². The first-order valence-corrected chi connectivity index (χ1v) is 3.17. The van der Waals surface area contributed by atoms with Crippen molar-refractivity contribution in [1.82, 2.24) is 0 Å². The zero-order valence-electron chi connectivity index (χ0n) is 6.27. The summed E-state index contributed by atoms with van der Waals surface area (Å²) in [7, 11) is 0. The molecular weight excluding hydrogens is 192 g/mol. The Balaban J connectivity index is 0.00000121. The molecule has 0 aliphatic heterocycles. The summed E-state index contributed by atoms with van der Waals surface area (Å²) in [5, 5.41) is 17.4. The van der Waals surface area contributed by atoms with E-state index in [2.05, 4.69) is 0 Å². The van der Waals surface area contributed by atoms with Gasteiger partial charge in [0.05, 0.1) is 0 Å². The summed E-state index contributed by atoms with van der Waals surface area (Å²) in [5.74, 6) is -1.23. The molecule has 62 valence electrons. The van der Waals surface area contributed by atoms with Crippen molar-refractivity contribution in [3.05, 3.63) is 35.9 Å². The maximum absolute atomic E-state index is 10.2. The van der Waals surface area contributed by atoms with E-state index in [9.17, 15) is 4.79 Å². The average molecular weight is 200 g/mol. The normalized spacial score (nSPS) is 11.4. The summed E-state index contributed by atoms with van der Waals surface area (Å²) >= 11 is 0. The zero-order chi connectivity index (χ0) is 8.27. The molecule has 0 saturated heterocycles. The third kappa shape index (κ3) is 2.78. The number of aliphatic carboxylic acids is 1. The predicted molar refractivity (Wildman–Crippen MR) is 39.0 cm³/mol. The van der Waals surface area contributed by atoms with Gasteiger partial charge in [0.2, 0.25) is 0 Å². The van der Waals surface area contributed by atoms with Crippen LogP contribution < -0.4 is 0 Å². The van der Waals surface area contributed by atoms with Gasteiger partial charge in [-0.2, -0.15) is 0 Å². The Bertz CT molecular complexity index is 248. The topological polar surface area (TPSA) is 57.5 Å². The number of hydrogen-bond acceptors (Lipinski definition) is 2. The van der Waals surface area contributed by atoms with Gasteiger partial charge in [-0.1, -0.05) is 30.3 Å². The van der Waals surface area contributed by atoms with E-state index in [0.29, 0.717) is 5.56 Å². The van der Waals surface area contributed by atoms with E-state index in [0.717, 1.165) is 0 Å². The molecular formula is C8H8O3Ti. The zero-order valence-corrected chi connectivity index (χ0v) is 7.83. The molecule has 12 heavy (non-hydrogen) atoms. The van der Waals surface area contributed by atoms with Gasteiger partial charge < -0.3 is 10.2 Å². The maximum Gasteiger partial charge on any atom is 0.337 e. The fraction of sp³-hybridized carbons (Fsp3) is 0.125. The molecule has 0 fully saturated rings. The SMILES string of the molecule is O=C(O)[C@H](O)c1ccccc1.[Ti]. The molecule has 0 bridgehead atoms. The Morgan fingerprint density at radius 1 is 1.25 bits per heavy atom. The fourth-order valence-electron chi connectivity index (χ4n) is 0.778. The molecule has 1 aromatic rings. The van der Waals surface area contributed by atoms with Crippen LogP contribution in [0.15, 0.2) is 30.3 Å². The van der Waals surface area contributed by atoms with Crippen molar-refractivity contribution in [3.8, 4) is 0 Å².